The van der Waals surface area contributed by atoms with Crippen LogP contribution in [0.1, 0.15) is 11.3 Å². The normalized spacial score (nSPS) is 12.3. The van der Waals surface area contributed by atoms with Crippen molar-refractivity contribution in [2.45, 2.75) is 17.6 Å². The van der Waals surface area contributed by atoms with Gasteiger partial charge in [-0.2, -0.15) is 13.2 Å². The van der Waals surface area contributed by atoms with Gasteiger partial charge in [-0.3, -0.25) is 4.98 Å². The highest BCUT2D eigenvalue weighted by Gasteiger charge is 2.31. The molecule has 0 aliphatic carbocycles. The van der Waals surface area contributed by atoms with E-state index in [1.165, 1.54) is 10.9 Å². The fourth-order valence-electron chi connectivity index (χ4n) is 2.09. The van der Waals surface area contributed by atoms with Crippen LogP contribution >= 0.6 is 0 Å². The smallest absolute Gasteiger partial charge is 0.262 e. The second-order valence-corrected chi connectivity index (χ2v) is 6.98. The molecule has 3 aromatic rings. The van der Waals surface area contributed by atoms with Crippen molar-refractivity contribution in [2.24, 2.45) is 0 Å². The summed E-state index contributed by atoms with van der Waals surface area (Å²) >= 11 is 0. The van der Waals surface area contributed by atoms with Gasteiger partial charge >= 0.3 is 6.18 Å². The zero-order valence-corrected chi connectivity index (χ0v) is 13.9. The Morgan fingerprint density at radius 1 is 1.15 bits per heavy atom. The highest BCUT2D eigenvalue weighted by molar-refractivity contribution is 7.89. The first-order chi connectivity index (χ1) is 12.3. The zero-order chi connectivity index (χ0) is 18.8. The molecule has 0 aliphatic heterocycles. The summed E-state index contributed by atoms with van der Waals surface area (Å²) < 4.78 is 66.2. The largest absolute Gasteiger partial charge is 0.416 e. The Labute approximate surface area is 146 Å². The highest BCUT2D eigenvalue weighted by Crippen LogP contribution is 2.30. The van der Waals surface area contributed by atoms with Crippen LogP contribution in [0, 0.1) is 0 Å². The van der Waals surface area contributed by atoms with Crippen molar-refractivity contribution in [3.8, 4) is 5.69 Å². The Bertz CT molecular complexity index is 1000. The van der Waals surface area contributed by atoms with Crippen LogP contribution in [0.15, 0.2) is 59.9 Å². The minimum Gasteiger partial charge on any atom is -0.262 e. The maximum Gasteiger partial charge on any atom is 0.416 e. The number of halogens is 3. The van der Waals surface area contributed by atoms with Gasteiger partial charge in [0.2, 0.25) is 10.0 Å². The van der Waals surface area contributed by atoms with E-state index < -0.39 is 26.7 Å². The Balaban J connectivity index is 1.74. The molecule has 0 unspecified atom stereocenters. The molecule has 0 saturated heterocycles. The topological polar surface area (TPSA) is 89.8 Å². The van der Waals surface area contributed by atoms with Crippen molar-refractivity contribution in [2.75, 3.05) is 0 Å². The molecule has 7 nitrogen and oxygen atoms in total. The van der Waals surface area contributed by atoms with E-state index in [1.807, 2.05) is 0 Å². The maximum atomic E-state index is 12.7. The maximum absolute atomic E-state index is 12.7. The van der Waals surface area contributed by atoms with E-state index in [1.54, 1.807) is 24.5 Å². The summed E-state index contributed by atoms with van der Waals surface area (Å²) in [6.45, 7) is -0.223. The van der Waals surface area contributed by atoms with E-state index in [0.717, 1.165) is 18.2 Å². The van der Waals surface area contributed by atoms with E-state index in [2.05, 4.69) is 20.0 Å². The van der Waals surface area contributed by atoms with Crippen LogP contribution in [0.3, 0.4) is 0 Å². The standard InChI is InChI=1S/C15H12F3N5O2S/c16-15(17,18)11-3-1-5-14(7-11)26(24,25)20-8-12-10-23(22-21-12)13-4-2-6-19-9-13/h1-7,9-10,20H,8H2. The van der Waals surface area contributed by atoms with Gasteiger partial charge < -0.3 is 0 Å². The van der Waals surface area contributed by atoms with Crippen LogP contribution in [0.4, 0.5) is 13.2 Å². The number of benzene rings is 1. The molecule has 0 saturated carbocycles. The van der Waals surface area contributed by atoms with Gasteiger partial charge in [0.05, 0.1) is 40.8 Å². The zero-order valence-electron chi connectivity index (χ0n) is 13.1. The van der Waals surface area contributed by atoms with Crippen molar-refractivity contribution in [3.05, 3.63) is 66.2 Å². The number of aromatic nitrogens is 4. The van der Waals surface area contributed by atoms with Crippen LogP contribution in [0.25, 0.3) is 5.69 Å². The van der Waals surface area contributed by atoms with Gasteiger partial charge in [0.15, 0.2) is 0 Å². The van der Waals surface area contributed by atoms with E-state index in [4.69, 9.17) is 0 Å². The van der Waals surface area contributed by atoms with Gasteiger partial charge in [-0.15, -0.1) is 5.10 Å². The lowest BCUT2D eigenvalue weighted by Crippen LogP contribution is -2.24. The third kappa shape index (κ3) is 4.06. The van der Waals surface area contributed by atoms with Gasteiger partial charge in [-0.05, 0) is 30.3 Å². The van der Waals surface area contributed by atoms with Crippen LogP contribution < -0.4 is 4.72 Å². The van der Waals surface area contributed by atoms with E-state index in [0.29, 0.717) is 17.4 Å². The molecular weight excluding hydrogens is 371 g/mol. The van der Waals surface area contributed by atoms with E-state index in [9.17, 15) is 21.6 Å². The number of nitrogens with zero attached hydrogens (tertiary/aromatic N) is 4. The number of rotatable bonds is 5. The molecule has 0 bridgehead atoms. The molecular formula is C15H12F3N5O2S. The molecule has 2 aromatic heterocycles. The fraction of sp³-hybridized carbons (Fsp3) is 0.133. The summed E-state index contributed by atoms with van der Waals surface area (Å²) in [7, 11) is -4.14. The van der Waals surface area contributed by atoms with Crippen molar-refractivity contribution in [1.82, 2.24) is 24.7 Å². The number of hydrogen-bond donors (Lipinski definition) is 1. The number of alkyl halides is 3. The Kier molecular flexibility index (Phi) is 4.74. The third-order valence-corrected chi connectivity index (χ3v) is 4.77. The van der Waals surface area contributed by atoms with Gasteiger partial charge in [-0.25, -0.2) is 17.8 Å². The quantitative estimate of drug-likeness (QED) is 0.729. The molecule has 2 heterocycles. The monoisotopic (exact) mass is 383 g/mol. The van der Waals surface area contributed by atoms with Gasteiger partial charge in [0.1, 0.15) is 0 Å². The molecule has 0 aliphatic rings. The molecule has 0 spiro atoms. The van der Waals surface area contributed by atoms with Crippen molar-refractivity contribution < 1.29 is 21.6 Å². The minimum atomic E-state index is -4.63. The van der Waals surface area contributed by atoms with E-state index in [-0.39, 0.29) is 6.54 Å². The summed E-state index contributed by atoms with van der Waals surface area (Å²) in [5.74, 6) is 0. The van der Waals surface area contributed by atoms with Crippen LogP contribution in [-0.4, -0.2) is 28.4 Å². The molecule has 136 valence electrons. The van der Waals surface area contributed by atoms with E-state index >= 15 is 0 Å². The number of nitrogens with one attached hydrogen (secondary N) is 1. The molecule has 0 amide bonds. The van der Waals surface area contributed by atoms with Crippen molar-refractivity contribution in [3.63, 3.8) is 0 Å². The molecule has 1 N–H and O–H groups in total. The average molecular weight is 383 g/mol. The van der Waals surface area contributed by atoms with Crippen LogP contribution in [0.5, 0.6) is 0 Å². The van der Waals surface area contributed by atoms with Gasteiger partial charge in [-0.1, -0.05) is 11.3 Å². The lowest BCUT2D eigenvalue weighted by Gasteiger charge is -2.09. The molecule has 0 atom stereocenters. The van der Waals surface area contributed by atoms with Crippen molar-refractivity contribution in [1.29, 1.82) is 0 Å². The summed E-state index contributed by atoms with van der Waals surface area (Å²) in [5.41, 5.74) is -0.112. The Morgan fingerprint density at radius 2 is 1.96 bits per heavy atom. The van der Waals surface area contributed by atoms with Crippen LogP contribution in [0.2, 0.25) is 0 Å². The predicted molar refractivity (Wildman–Crippen MR) is 84.6 cm³/mol. The van der Waals surface area contributed by atoms with Gasteiger partial charge in [0.25, 0.3) is 0 Å². The summed E-state index contributed by atoms with van der Waals surface area (Å²) in [4.78, 5) is 3.45. The SMILES string of the molecule is O=S(=O)(NCc1cn(-c2cccnc2)nn1)c1cccc(C(F)(F)F)c1. The summed E-state index contributed by atoms with van der Waals surface area (Å²) in [5, 5.41) is 7.67. The molecule has 11 heteroatoms. The first-order valence-corrected chi connectivity index (χ1v) is 8.72. The van der Waals surface area contributed by atoms with Gasteiger partial charge in [0, 0.05) is 6.20 Å². The summed E-state index contributed by atoms with van der Waals surface area (Å²) in [6.07, 6.45) is -0.000580. The highest BCUT2D eigenvalue weighted by atomic mass is 32.2. The number of pyridine rings is 1. The second-order valence-electron chi connectivity index (χ2n) is 5.22. The fourth-order valence-corrected chi connectivity index (χ4v) is 3.13. The average Bonchev–Trinajstić information content (AvgIpc) is 3.09. The number of sulfonamides is 1. The van der Waals surface area contributed by atoms with Crippen molar-refractivity contribution >= 4 is 10.0 Å². The second kappa shape index (κ2) is 6.84. The number of hydrogen-bond acceptors (Lipinski definition) is 5. The predicted octanol–water partition coefficient (Wildman–Crippen LogP) is 2.16. The van der Waals surface area contributed by atoms with Crippen LogP contribution in [-0.2, 0) is 22.7 Å². The Hall–Kier alpha value is -2.79. The lowest BCUT2D eigenvalue weighted by molar-refractivity contribution is -0.137. The minimum absolute atomic E-state index is 0.223. The first-order valence-electron chi connectivity index (χ1n) is 7.24. The molecule has 1 aromatic carbocycles. The molecule has 0 radical (unpaired) electrons. The molecule has 3 rings (SSSR count). The Morgan fingerprint density at radius 3 is 2.65 bits per heavy atom. The summed E-state index contributed by atoms with van der Waals surface area (Å²) in [6, 6.07) is 6.94. The first kappa shape index (κ1) is 18.0. The molecule has 0 fully saturated rings. The third-order valence-electron chi connectivity index (χ3n) is 3.37. The lowest BCUT2D eigenvalue weighted by atomic mass is 10.2. The molecule has 26 heavy (non-hydrogen) atoms.